The van der Waals surface area contributed by atoms with Crippen molar-refractivity contribution < 1.29 is 19.4 Å². The molecule has 0 saturated heterocycles. The number of aromatic amines is 1. The molecule has 0 radical (unpaired) electrons. The van der Waals surface area contributed by atoms with E-state index in [1.165, 1.54) is 14.2 Å². The number of benzene rings is 1. The van der Waals surface area contributed by atoms with Gasteiger partial charge in [0.1, 0.15) is 5.69 Å². The Hall–Kier alpha value is -1.89. The third kappa shape index (κ3) is 3.85. The van der Waals surface area contributed by atoms with E-state index in [2.05, 4.69) is 4.98 Å². The van der Waals surface area contributed by atoms with E-state index in [-0.39, 0.29) is 12.5 Å². The predicted molar refractivity (Wildman–Crippen MR) is 83.7 cm³/mol. The molecule has 0 aliphatic heterocycles. The monoisotopic (exact) mass is 306 g/mol. The van der Waals surface area contributed by atoms with Crippen molar-refractivity contribution in [3.63, 3.8) is 0 Å². The van der Waals surface area contributed by atoms with Crippen molar-refractivity contribution in [2.45, 2.75) is 12.7 Å². The minimum absolute atomic E-state index is 0.0289. The van der Waals surface area contributed by atoms with E-state index in [1.54, 1.807) is 4.90 Å². The van der Waals surface area contributed by atoms with Gasteiger partial charge in [-0.3, -0.25) is 4.79 Å². The molecule has 1 amide bonds. The highest BCUT2D eigenvalue weighted by Crippen LogP contribution is 2.16. The van der Waals surface area contributed by atoms with Gasteiger partial charge in [-0.1, -0.05) is 18.2 Å². The number of aromatic nitrogens is 1. The smallest absolute Gasteiger partial charge is 0.270 e. The Bertz CT molecular complexity index is 574. The third-order valence-corrected chi connectivity index (χ3v) is 3.53. The Morgan fingerprint density at radius 2 is 2.05 bits per heavy atom. The molecule has 6 heteroatoms. The fourth-order valence-corrected chi connectivity index (χ4v) is 2.32. The van der Waals surface area contributed by atoms with Crippen LogP contribution >= 0.6 is 0 Å². The molecule has 6 nitrogen and oxygen atoms in total. The highest BCUT2D eigenvalue weighted by molar-refractivity contribution is 5.98. The summed E-state index contributed by atoms with van der Waals surface area (Å²) < 4.78 is 10.3. The van der Waals surface area contributed by atoms with Crippen LogP contribution in [0, 0.1) is 0 Å². The van der Waals surface area contributed by atoms with Crippen molar-refractivity contribution in [1.82, 2.24) is 9.88 Å². The number of para-hydroxylation sites is 1. The number of aliphatic hydroxyl groups is 1. The maximum Gasteiger partial charge on any atom is 0.270 e. The molecule has 0 spiro atoms. The van der Waals surface area contributed by atoms with Gasteiger partial charge in [-0.25, -0.2) is 0 Å². The second kappa shape index (κ2) is 7.93. The summed E-state index contributed by atoms with van der Waals surface area (Å²) in [7, 11) is 3.07. The van der Waals surface area contributed by atoms with E-state index < -0.39 is 6.29 Å². The quantitative estimate of drug-likeness (QED) is 0.727. The first kappa shape index (κ1) is 16.5. The predicted octanol–water partition coefficient (Wildman–Crippen LogP) is 1.61. The van der Waals surface area contributed by atoms with Gasteiger partial charge in [0.25, 0.3) is 5.91 Å². The number of nitrogens with zero attached hydrogens (tertiary/aromatic N) is 1. The number of hydrogen-bond acceptors (Lipinski definition) is 4. The summed E-state index contributed by atoms with van der Waals surface area (Å²) in [6, 6.07) is 9.56. The van der Waals surface area contributed by atoms with Crippen LogP contribution in [0.25, 0.3) is 10.9 Å². The molecule has 2 N–H and O–H groups in total. The Morgan fingerprint density at radius 3 is 2.68 bits per heavy atom. The van der Waals surface area contributed by atoms with E-state index >= 15 is 0 Å². The molecular weight excluding hydrogens is 284 g/mol. The van der Waals surface area contributed by atoms with Crippen molar-refractivity contribution in [2.75, 3.05) is 33.9 Å². The highest BCUT2D eigenvalue weighted by atomic mass is 16.7. The lowest BCUT2D eigenvalue weighted by Gasteiger charge is -2.25. The van der Waals surface area contributed by atoms with E-state index in [1.807, 2.05) is 30.3 Å². The molecular formula is C16H22N2O4. The number of methoxy groups -OCH3 is 2. The van der Waals surface area contributed by atoms with Crippen molar-refractivity contribution in [2.24, 2.45) is 0 Å². The highest BCUT2D eigenvalue weighted by Gasteiger charge is 2.21. The summed E-state index contributed by atoms with van der Waals surface area (Å²) in [5, 5.41) is 10.0. The molecule has 0 aliphatic carbocycles. The largest absolute Gasteiger partial charge is 0.396 e. The van der Waals surface area contributed by atoms with Gasteiger partial charge in [0.15, 0.2) is 6.29 Å². The van der Waals surface area contributed by atoms with Crippen LogP contribution in [0.15, 0.2) is 30.3 Å². The van der Waals surface area contributed by atoms with Crippen LogP contribution in [0.1, 0.15) is 16.9 Å². The average Bonchev–Trinajstić information content (AvgIpc) is 2.98. The molecule has 1 aromatic heterocycles. The van der Waals surface area contributed by atoms with Gasteiger partial charge >= 0.3 is 0 Å². The summed E-state index contributed by atoms with van der Waals surface area (Å²) in [5.74, 6) is -0.135. The van der Waals surface area contributed by atoms with Gasteiger partial charge in [0, 0.05) is 38.3 Å². The lowest BCUT2D eigenvalue weighted by molar-refractivity contribution is -0.112. The molecule has 2 rings (SSSR count). The number of amides is 1. The zero-order valence-corrected chi connectivity index (χ0v) is 12.9. The summed E-state index contributed by atoms with van der Waals surface area (Å²) in [6.07, 6.45) is 0.0126. The number of aliphatic hydroxyl groups excluding tert-OH is 1. The molecule has 0 unspecified atom stereocenters. The minimum atomic E-state index is -0.493. The molecule has 22 heavy (non-hydrogen) atoms. The van der Waals surface area contributed by atoms with Crippen molar-refractivity contribution in [3.05, 3.63) is 36.0 Å². The average molecular weight is 306 g/mol. The number of nitrogens with one attached hydrogen (secondary N) is 1. The van der Waals surface area contributed by atoms with Crippen molar-refractivity contribution in [1.29, 1.82) is 0 Å². The van der Waals surface area contributed by atoms with Crippen molar-refractivity contribution >= 4 is 16.8 Å². The first-order chi connectivity index (χ1) is 10.7. The van der Waals surface area contributed by atoms with E-state index in [9.17, 15) is 4.79 Å². The van der Waals surface area contributed by atoms with Crippen LogP contribution in [0.2, 0.25) is 0 Å². The van der Waals surface area contributed by atoms with Gasteiger partial charge in [-0.2, -0.15) is 0 Å². The van der Waals surface area contributed by atoms with Crippen molar-refractivity contribution in [3.8, 4) is 0 Å². The first-order valence-corrected chi connectivity index (χ1v) is 7.23. The van der Waals surface area contributed by atoms with Crippen LogP contribution < -0.4 is 0 Å². The normalized spacial score (nSPS) is 11.3. The molecule has 1 aromatic carbocycles. The molecule has 0 atom stereocenters. The number of carbonyl (C=O) groups is 1. The van der Waals surface area contributed by atoms with Crippen LogP contribution in [0.5, 0.6) is 0 Å². The van der Waals surface area contributed by atoms with Gasteiger partial charge in [0.05, 0.1) is 6.54 Å². The second-order valence-corrected chi connectivity index (χ2v) is 5.00. The van der Waals surface area contributed by atoms with Crippen LogP contribution in [0.4, 0.5) is 0 Å². The third-order valence-electron chi connectivity index (χ3n) is 3.53. The van der Waals surface area contributed by atoms with E-state index in [0.29, 0.717) is 25.2 Å². The van der Waals surface area contributed by atoms with Crippen LogP contribution in [-0.4, -0.2) is 61.1 Å². The number of carbonyl (C=O) groups excluding carboxylic acids is 1. The van der Waals surface area contributed by atoms with Crippen LogP contribution in [-0.2, 0) is 9.47 Å². The molecule has 0 fully saturated rings. The fraction of sp³-hybridized carbons (Fsp3) is 0.438. The standard InChI is InChI=1S/C16H22N2O4/c1-21-15(22-2)11-18(8-5-9-19)16(20)14-10-12-6-3-4-7-13(12)17-14/h3-4,6-7,10,15,17,19H,5,8-9,11H2,1-2H3. The Labute approximate surface area is 129 Å². The SMILES string of the molecule is COC(CN(CCCO)C(=O)c1cc2ccccc2[nH]1)OC. The minimum Gasteiger partial charge on any atom is -0.396 e. The molecule has 0 aliphatic rings. The summed E-state index contributed by atoms with van der Waals surface area (Å²) in [5.41, 5.74) is 1.44. The maximum atomic E-state index is 12.7. The molecule has 0 bridgehead atoms. The maximum absolute atomic E-state index is 12.7. The van der Waals surface area contributed by atoms with E-state index in [0.717, 1.165) is 10.9 Å². The van der Waals surface area contributed by atoms with E-state index in [4.69, 9.17) is 14.6 Å². The Kier molecular flexibility index (Phi) is 5.94. The molecule has 0 saturated carbocycles. The number of ether oxygens (including phenoxy) is 2. The van der Waals surface area contributed by atoms with Gasteiger partial charge in [-0.15, -0.1) is 0 Å². The topological polar surface area (TPSA) is 74.8 Å². The van der Waals surface area contributed by atoms with Gasteiger partial charge < -0.3 is 24.5 Å². The number of rotatable bonds is 8. The first-order valence-electron chi connectivity index (χ1n) is 7.23. The second-order valence-electron chi connectivity index (χ2n) is 5.00. The lowest BCUT2D eigenvalue weighted by Crippen LogP contribution is -2.40. The number of H-pyrrole nitrogens is 1. The number of fused-ring (bicyclic) bond motifs is 1. The molecule has 2 aromatic rings. The Balaban J connectivity index is 2.19. The number of hydrogen-bond donors (Lipinski definition) is 2. The summed E-state index contributed by atoms with van der Waals surface area (Å²) in [6.45, 7) is 0.774. The Morgan fingerprint density at radius 1 is 1.32 bits per heavy atom. The molecule has 120 valence electrons. The van der Waals surface area contributed by atoms with Gasteiger partial charge in [-0.05, 0) is 18.6 Å². The lowest BCUT2D eigenvalue weighted by atomic mass is 10.2. The summed E-state index contributed by atoms with van der Waals surface area (Å²) >= 11 is 0. The zero-order chi connectivity index (χ0) is 15.9. The zero-order valence-electron chi connectivity index (χ0n) is 12.9. The van der Waals surface area contributed by atoms with Crippen LogP contribution in [0.3, 0.4) is 0 Å². The summed E-state index contributed by atoms with van der Waals surface area (Å²) in [4.78, 5) is 17.4. The fourth-order valence-electron chi connectivity index (χ4n) is 2.32. The molecule has 1 heterocycles. The van der Waals surface area contributed by atoms with Gasteiger partial charge in [0.2, 0.25) is 0 Å².